The predicted molar refractivity (Wildman–Crippen MR) is 133 cm³/mol. The standard InChI is InChI=1S/C21H21BrN6O8/c1-5-6-26(11-20(30)36-4)17-9-15(23-12(2)29)16(10-19(17)35-3)24-25-21-14(22)7-13(27(31)32)8-18(21)28(33)34/h5-10H,11H2,1-4H3,(H,23,29)/b6-5-,25-24?. The van der Waals surface area contributed by atoms with E-state index in [0.29, 0.717) is 5.69 Å². The molecule has 15 heteroatoms. The highest BCUT2D eigenvalue weighted by atomic mass is 79.9. The molecule has 190 valence electrons. The Morgan fingerprint density at radius 2 is 1.83 bits per heavy atom. The highest BCUT2D eigenvalue weighted by molar-refractivity contribution is 9.10. The Balaban J connectivity index is 2.69. The number of nitrogens with one attached hydrogen (secondary N) is 1. The highest BCUT2D eigenvalue weighted by Crippen LogP contribution is 2.43. The van der Waals surface area contributed by atoms with Crippen LogP contribution in [-0.4, -0.2) is 42.5 Å². The van der Waals surface area contributed by atoms with Gasteiger partial charge in [0.05, 0.1) is 46.0 Å². The van der Waals surface area contributed by atoms with Crippen LogP contribution in [-0.2, 0) is 14.3 Å². The molecule has 0 bridgehead atoms. The average Bonchev–Trinajstić information content (AvgIpc) is 2.82. The van der Waals surface area contributed by atoms with Crippen molar-refractivity contribution in [2.24, 2.45) is 10.2 Å². The van der Waals surface area contributed by atoms with Crippen LogP contribution in [0, 0.1) is 20.2 Å². The maximum Gasteiger partial charge on any atom is 0.325 e. The quantitative estimate of drug-likeness (QED) is 0.176. The van der Waals surface area contributed by atoms with E-state index in [9.17, 15) is 29.8 Å². The van der Waals surface area contributed by atoms with Crippen LogP contribution in [0.25, 0.3) is 0 Å². The first kappa shape index (κ1) is 27.8. The molecule has 0 saturated carbocycles. The zero-order valence-electron chi connectivity index (χ0n) is 19.6. The third-order valence-corrected chi connectivity index (χ3v) is 5.07. The van der Waals surface area contributed by atoms with Crippen molar-refractivity contribution in [3.05, 3.63) is 61.2 Å². The van der Waals surface area contributed by atoms with Crippen molar-refractivity contribution < 1.29 is 28.9 Å². The fourth-order valence-electron chi connectivity index (χ4n) is 2.94. The lowest BCUT2D eigenvalue weighted by atomic mass is 10.2. The summed E-state index contributed by atoms with van der Waals surface area (Å²) < 4.78 is 10.1. The number of hydrogen-bond acceptors (Lipinski definition) is 11. The molecule has 1 N–H and O–H groups in total. The van der Waals surface area contributed by atoms with Crippen LogP contribution in [0.5, 0.6) is 5.75 Å². The Bertz CT molecular complexity index is 1260. The van der Waals surface area contributed by atoms with Gasteiger partial charge in [-0.1, -0.05) is 6.08 Å². The van der Waals surface area contributed by atoms with E-state index in [-0.39, 0.29) is 33.8 Å². The second-order valence-electron chi connectivity index (χ2n) is 6.92. The Labute approximate surface area is 213 Å². The van der Waals surface area contributed by atoms with Gasteiger partial charge in [0.15, 0.2) is 5.69 Å². The van der Waals surface area contributed by atoms with Gasteiger partial charge in [-0.15, -0.1) is 10.2 Å². The third-order valence-electron chi connectivity index (χ3n) is 4.47. The molecule has 0 aliphatic heterocycles. The van der Waals surface area contributed by atoms with Crippen molar-refractivity contribution in [1.82, 2.24) is 0 Å². The van der Waals surface area contributed by atoms with Crippen LogP contribution in [0.3, 0.4) is 0 Å². The van der Waals surface area contributed by atoms with Crippen molar-refractivity contribution in [3.8, 4) is 5.75 Å². The SMILES string of the molecule is C/C=C\N(CC(=O)OC)c1cc(NC(C)=O)c(N=Nc2c(Br)cc([N+](=O)[O-])cc2[N+](=O)[O-])cc1OC. The molecule has 36 heavy (non-hydrogen) atoms. The van der Waals surface area contributed by atoms with E-state index >= 15 is 0 Å². The molecule has 0 aliphatic carbocycles. The predicted octanol–water partition coefficient (Wildman–Crippen LogP) is 5.16. The molecular weight excluding hydrogens is 544 g/mol. The Morgan fingerprint density at radius 1 is 1.14 bits per heavy atom. The number of allylic oxidation sites excluding steroid dienone is 1. The van der Waals surface area contributed by atoms with Gasteiger partial charge in [0, 0.05) is 25.3 Å². The average molecular weight is 565 g/mol. The molecule has 0 aromatic heterocycles. The number of nitro benzene ring substituents is 2. The number of ether oxygens (including phenoxy) is 2. The van der Waals surface area contributed by atoms with Crippen molar-refractivity contribution in [2.45, 2.75) is 13.8 Å². The van der Waals surface area contributed by atoms with Crippen LogP contribution in [0.2, 0.25) is 0 Å². The number of nitro groups is 2. The molecule has 2 aromatic carbocycles. The number of amides is 1. The lowest BCUT2D eigenvalue weighted by Gasteiger charge is -2.23. The largest absolute Gasteiger partial charge is 0.494 e. The number of hydrogen-bond donors (Lipinski definition) is 1. The number of esters is 1. The molecule has 14 nitrogen and oxygen atoms in total. The number of carbonyl (C=O) groups excluding carboxylic acids is 2. The minimum atomic E-state index is -0.827. The molecule has 2 rings (SSSR count). The second-order valence-corrected chi connectivity index (χ2v) is 7.77. The number of methoxy groups -OCH3 is 2. The maximum absolute atomic E-state index is 11.9. The molecule has 0 heterocycles. The monoisotopic (exact) mass is 564 g/mol. The zero-order chi connectivity index (χ0) is 27.0. The van der Waals surface area contributed by atoms with Crippen molar-refractivity contribution in [1.29, 1.82) is 0 Å². The summed E-state index contributed by atoms with van der Waals surface area (Å²) in [7, 11) is 2.62. The topological polar surface area (TPSA) is 179 Å². The first-order valence-corrected chi connectivity index (χ1v) is 10.8. The first-order chi connectivity index (χ1) is 17.0. The summed E-state index contributed by atoms with van der Waals surface area (Å²) in [5.41, 5.74) is -0.838. The minimum Gasteiger partial charge on any atom is -0.494 e. The fourth-order valence-corrected chi connectivity index (χ4v) is 3.45. The van der Waals surface area contributed by atoms with E-state index in [1.54, 1.807) is 19.2 Å². The van der Waals surface area contributed by atoms with Gasteiger partial charge >= 0.3 is 11.7 Å². The number of halogens is 1. The molecule has 0 radical (unpaired) electrons. The smallest absolute Gasteiger partial charge is 0.325 e. The molecule has 0 saturated heterocycles. The van der Waals surface area contributed by atoms with Gasteiger partial charge in [-0.2, -0.15) is 0 Å². The van der Waals surface area contributed by atoms with Gasteiger partial charge in [0.25, 0.3) is 5.69 Å². The van der Waals surface area contributed by atoms with Gasteiger partial charge in [0.1, 0.15) is 18.0 Å². The molecule has 1 amide bonds. The fraction of sp³-hybridized carbons (Fsp3) is 0.238. The summed E-state index contributed by atoms with van der Waals surface area (Å²) in [5, 5.41) is 33.1. The summed E-state index contributed by atoms with van der Waals surface area (Å²) in [6.07, 6.45) is 3.28. The lowest BCUT2D eigenvalue weighted by molar-refractivity contribution is -0.393. The van der Waals surface area contributed by atoms with Crippen LogP contribution in [0.4, 0.5) is 34.1 Å². The van der Waals surface area contributed by atoms with Gasteiger partial charge in [-0.05, 0) is 28.9 Å². The second kappa shape index (κ2) is 12.3. The summed E-state index contributed by atoms with van der Waals surface area (Å²) in [5.74, 6) is -0.747. The van der Waals surface area contributed by atoms with Crippen LogP contribution >= 0.6 is 15.9 Å². The summed E-state index contributed by atoms with van der Waals surface area (Å²) in [6, 6.07) is 4.71. The number of azo groups is 1. The zero-order valence-corrected chi connectivity index (χ0v) is 21.1. The number of nitrogens with zero attached hydrogens (tertiary/aromatic N) is 5. The first-order valence-electron chi connectivity index (χ1n) is 10.0. The summed E-state index contributed by atoms with van der Waals surface area (Å²) in [6.45, 7) is 2.84. The van der Waals surface area contributed by atoms with Crippen LogP contribution in [0.1, 0.15) is 13.8 Å². The number of non-ortho nitro benzene ring substituents is 1. The number of rotatable bonds is 10. The van der Waals surface area contributed by atoms with Crippen LogP contribution < -0.4 is 15.0 Å². The molecule has 0 fully saturated rings. The lowest BCUT2D eigenvalue weighted by Crippen LogP contribution is -2.26. The van der Waals surface area contributed by atoms with Crippen LogP contribution in [0.15, 0.2) is 51.2 Å². The minimum absolute atomic E-state index is 0.0332. The van der Waals surface area contributed by atoms with E-state index < -0.39 is 33.1 Å². The van der Waals surface area contributed by atoms with Crippen molar-refractivity contribution >= 4 is 61.9 Å². The molecule has 2 aromatic rings. The van der Waals surface area contributed by atoms with E-state index in [0.717, 1.165) is 12.1 Å². The van der Waals surface area contributed by atoms with Gasteiger partial charge < -0.3 is 19.7 Å². The normalized spacial score (nSPS) is 10.9. The highest BCUT2D eigenvalue weighted by Gasteiger charge is 2.24. The maximum atomic E-state index is 11.9. The van der Waals surface area contributed by atoms with E-state index in [2.05, 4.69) is 31.5 Å². The molecular formula is C21H21BrN6O8. The number of benzene rings is 2. The van der Waals surface area contributed by atoms with Crippen molar-refractivity contribution in [2.75, 3.05) is 31.0 Å². The number of anilines is 2. The molecule has 0 spiro atoms. The van der Waals surface area contributed by atoms with Gasteiger partial charge in [-0.25, -0.2) is 0 Å². The Hall–Kier alpha value is -4.40. The van der Waals surface area contributed by atoms with Gasteiger partial charge in [-0.3, -0.25) is 29.8 Å². The van der Waals surface area contributed by atoms with Crippen molar-refractivity contribution in [3.63, 3.8) is 0 Å². The number of carbonyl (C=O) groups is 2. The summed E-state index contributed by atoms with van der Waals surface area (Å²) in [4.78, 5) is 46.2. The van der Waals surface area contributed by atoms with E-state index in [4.69, 9.17) is 9.47 Å². The third kappa shape index (κ3) is 6.82. The molecule has 0 unspecified atom stereocenters. The molecule has 0 atom stereocenters. The summed E-state index contributed by atoms with van der Waals surface area (Å²) >= 11 is 3.06. The van der Waals surface area contributed by atoms with Gasteiger partial charge in [0.2, 0.25) is 5.91 Å². The molecule has 0 aliphatic rings. The Morgan fingerprint density at radius 3 is 2.36 bits per heavy atom. The Kier molecular flexibility index (Phi) is 9.55. The van der Waals surface area contributed by atoms with E-state index in [1.165, 1.54) is 38.2 Å². The van der Waals surface area contributed by atoms with E-state index in [1.807, 2.05) is 0 Å².